The Balaban J connectivity index is 1.66. The highest BCUT2D eigenvalue weighted by Crippen LogP contribution is 2.20. The van der Waals surface area contributed by atoms with E-state index in [1.807, 2.05) is 49.4 Å². The molecule has 3 heteroatoms. The Kier molecular flexibility index (Phi) is 4.92. The molecule has 0 spiro atoms. The lowest BCUT2D eigenvalue weighted by Gasteiger charge is -2.20. The number of fused-ring (bicyclic) bond motifs is 1. The van der Waals surface area contributed by atoms with Gasteiger partial charge in [0, 0.05) is 11.7 Å². The molecule has 0 bridgehead atoms. The van der Waals surface area contributed by atoms with Gasteiger partial charge in [0.25, 0.3) is 0 Å². The highest BCUT2D eigenvalue weighted by atomic mass is 16.2. The van der Waals surface area contributed by atoms with Crippen LogP contribution >= 0.6 is 0 Å². The molecular formula is C21H22N2O. The molecule has 24 heavy (non-hydrogen) atoms. The lowest BCUT2D eigenvalue weighted by molar-refractivity contribution is -0.117. The van der Waals surface area contributed by atoms with Crippen molar-refractivity contribution >= 4 is 22.4 Å². The fraction of sp³-hybridized carbons (Fsp3) is 0.190. The number of carbonyl (C=O) groups excluding carboxylic acids is 1. The summed E-state index contributed by atoms with van der Waals surface area (Å²) in [7, 11) is 0. The van der Waals surface area contributed by atoms with Gasteiger partial charge in [0.2, 0.25) is 5.91 Å². The maximum Gasteiger partial charge on any atom is 0.241 e. The molecule has 0 fully saturated rings. The van der Waals surface area contributed by atoms with E-state index in [4.69, 9.17) is 0 Å². The molecule has 0 aliphatic rings. The second-order valence-electron chi connectivity index (χ2n) is 6.07. The first-order valence-corrected chi connectivity index (χ1v) is 8.24. The predicted octanol–water partition coefficient (Wildman–Crippen LogP) is 4.52. The standard InChI is InChI=1S/C21H22N2O/c1-15(18-13-12-17-8-6-7-9-19(17)14-18)22-16(2)21(24)23-20-10-4-3-5-11-20/h3-16,22H,1-2H3,(H,23,24)/t15-,16-/m1/s1. The molecule has 0 saturated heterocycles. The Bertz CT molecular complexity index is 829. The molecule has 3 aromatic rings. The number of anilines is 1. The van der Waals surface area contributed by atoms with Crippen molar-refractivity contribution in [3.8, 4) is 0 Å². The monoisotopic (exact) mass is 318 g/mol. The van der Waals surface area contributed by atoms with Crippen LogP contribution in [-0.4, -0.2) is 11.9 Å². The topological polar surface area (TPSA) is 41.1 Å². The normalized spacial score (nSPS) is 13.4. The number of nitrogens with one attached hydrogen (secondary N) is 2. The third kappa shape index (κ3) is 3.81. The molecule has 0 unspecified atom stereocenters. The van der Waals surface area contributed by atoms with Crippen LogP contribution in [0, 0.1) is 0 Å². The van der Waals surface area contributed by atoms with Crippen LogP contribution in [0.2, 0.25) is 0 Å². The summed E-state index contributed by atoms with van der Waals surface area (Å²) in [4.78, 5) is 12.3. The molecule has 3 nitrogen and oxygen atoms in total. The van der Waals surface area contributed by atoms with E-state index in [1.165, 1.54) is 16.3 Å². The van der Waals surface area contributed by atoms with Crippen LogP contribution in [0.25, 0.3) is 10.8 Å². The molecule has 0 saturated carbocycles. The van der Waals surface area contributed by atoms with Crippen molar-refractivity contribution in [1.82, 2.24) is 5.32 Å². The Morgan fingerprint density at radius 2 is 1.50 bits per heavy atom. The van der Waals surface area contributed by atoms with Crippen molar-refractivity contribution in [3.05, 3.63) is 78.4 Å². The number of benzene rings is 3. The first-order valence-electron chi connectivity index (χ1n) is 8.24. The number of carbonyl (C=O) groups is 1. The zero-order valence-electron chi connectivity index (χ0n) is 14.0. The minimum absolute atomic E-state index is 0.0335. The third-order valence-corrected chi connectivity index (χ3v) is 4.21. The van der Waals surface area contributed by atoms with E-state index in [9.17, 15) is 4.79 Å². The van der Waals surface area contributed by atoms with Gasteiger partial charge in [-0.1, -0.05) is 54.6 Å². The van der Waals surface area contributed by atoms with Crippen molar-refractivity contribution in [1.29, 1.82) is 0 Å². The second-order valence-corrected chi connectivity index (χ2v) is 6.07. The van der Waals surface area contributed by atoms with Crippen molar-refractivity contribution in [3.63, 3.8) is 0 Å². The Hall–Kier alpha value is -2.65. The average molecular weight is 318 g/mol. The molecule has 0 radical (unpaired) electrons. The Morgan fingerprint density at radius 1 is 0.833 bits per heavy atom. The van der Waals surface area contributed by atoms with Gasteiger partial charge in [-0.3, -0.25) is 10.1 Å². The van der Waals surface area contributed by atoms with E-state index >= 15 is 0 Å². The summed E-state index contributed by atoms with van der Waals surface area (Å²) in [6.45, 7) is 3.96. The quantitative estimate of drug-likeness (QED) is 0.726. The maximum absolute atomic E-state index is 12.3. The number of rotatable bonds is 5. The summed E-state index contributed by atoms with van der Waals surface area (Å²) in [5.41, 5.74) is 1.99. The summed E-state index contributed by atoms with van der Waals surface area (Å²) in [6, 6.07) is 24.0. The lowest BCUT2D eigenvalue weighted by Crippen LogP contribution is -2.39. The van der Waals surface area contributed by atoms with Crippen LogP contribution < -0.4 is 10.6 Å². The predicted molar refractivity (Wildman–Crippen MR) is 100 cm³/mol. The van der Waals surface area contributed by atoms with E-state index in [1.54, 1.807) is 0 Å². The van der Waals surface area contributed by atoms with Crippen LogP contribution in [0.4, 0.5) is 5.69 Å². The number of hydrogen-bond donors (Lipinski definition) is 2. The van der Waals surface area contributed by atoms with Gasteiger partial charge in [0.05, 0.1) is 6.04 Å². The second kappa shape index (κ2) is 7.28. The van der Waals surface area contributed by atoms with E-state index in [0.29, 0.717) is 0 Å². The number of hydrogen-bond acceptors (Lipinski definition) is 2. The van der Waals surface area contributed by atoms with Gasteiger partial charge in [0.15, 0.2) is 0 Å². The zero-order valence-corrected chi connectivity index (χ0v) is 14.0. The van der Waals surface area contributed by atoms with E-state index in [2.05, 4.69) is 47.9 Å². The molecular weight excluding hydrogens is 296 g/mol. The first-order chi connectivity index (χ1) is 11.6. The average Bonchev–Trinajstić information content (AvgIpc) is 2.62. The number of amides is 1. The molecule has 1 amide bonds. The molecule has 0 heterocycles. The molecule has 0 aromatic heterocycles. The lowest BCUT2D eigenvalue weighted by atomic mass is 10.0. The van der Waals surface area contributed by atoms with Gasteiger partial charge in [0.1, 0.15) is 0 Å². The van der Waals surface area contributed by atoms with Gasteiger partial charge in [-0.25, -0.2) is 0 Å². The van der Waals surface area contributed by atoms with Crippen LogP contribution in [0.5, 0.6) is 0 Å². The van der Waals surface area contributed by atoms with Crippen molar-refractivity contribution in [2.24, 2.45) is 0 Å². The first kappa shape index (κ1) is 16.2. The van der Waals surface area contributed by atoms with Crippen LogP contribution in [0.1, 0.15) is 25.5 Å². The minimum Gasteiger partial charge on any atom is -0.325 e. The largest absolute Gasteiger partial charge is 0.325 e. The fourth-order valence-corrected chi connectivity index (χ4v) is 2.80. The number of para-hydroxylation sites is 1. The Labute approximate surface area is 142 Å². The van der Waals surface area contributed by atoms with Gasteiger partial charge in [-0.05, 0) is 48.4 Å². The van der Waals surface area contributed by atoms with Gasteiger partial charge < -0.3 is 5.32 Å². The summed E-state index contributed by atoms with van der Waals surface area (Å²) < 4.78 is 0. The molecule has 2 N–H and O–H groups in total. The summed E-state index contributed by atoms with van der Waals surface area (Å²) in [5, 5.41) is 8.73. The molecule has 0 aliphatic carbocycles. The van der Waals surface area contributed by atoms with Crippen LogP contribution in [0.3, 0.4) is 0 Å². The van der Waals surface area contributed by atoms with Crippen LogP contribution in [-0.2, 0) is 4.79 Å². The minimum atomic E-state index is -0.285. The molecule has 122 valence electrons. The third-order valence-electron chi connectivity index (χ3n) is 4.21. The van der Waals surface area contributed by atoms with Gasteiger partial charge in [-0.15, -0.1) is 0 Å². The fourth-order valence-electron chi connectivity index (χ4n) is 2.80. The maximum atomic E-state index is 12.3. The van der Waals surface area contributed by atoms with E-state index < -0.39 is 0 Å². The van der Waals surface area contributed by atoms with E-state index in [0.717, 1.165) is 5.69 Å². The smallest absolute Gasteiger partial charge is 0.241 e. The highest BCUT2D eigenvalue weighted by molar-refractivity contribution is 5.94. The molecule has 0 aliphatic heterocycles. The van der Waals surface area contributed by atoms with Gasteiger partial charge in [-0.2, -0.15) is 0 Å². The molecule has 3 rings (SSSR count). The van der Waals surface area contributed by atoms with Crippen molar-refractivity contribution in [2.45, 2.75) is 25.9 Å². The van der Waals surface area contributed by atoms with Crippen LogP contribution in [0.15, 0.2) is 72.8 Å². The Morgan fingerprint density at radius 3 is 2.25 bits per heavy atom. The van der Waals surface area contributed by atoms with E-state index in [-0.39, 0.29) is 18.0 Å². The molecule has 2 atom stereocenters. The SMILES string of the molecule is C[C@@H](N[C@H](C)c1ccc2ccccc2c1)C(=O)Nc1ccccc1. The molecule has 3 aromatic carbocycles. The van der Waals surface area contributed by atoms with Crippen molar-refractivity contribution < 1.29 is 4.79 Å². The summed E-state index contributed by atoms with van der Waals surface area (Å²) >= 11 is 0. The zero-order chi connectivity index (χ0) is 16.9. The summed E-state index contributed by atoms with van der Waals surface area (Å²) in [5.74, 6) is -0.0335. The summed E-state index contributed by atoms with van der Waals surface area (Å²) in [6.07, 6.45) is 0. The van der Waals surface area contributed by atoms with Crippen molar-refractivity contribution in [2.75, 3.05) is 5.32 Å². The highest BCUT2D eigenvalue weighted by Gasteiger charge is 2.16. The van der Waals surface area contributed by atoms with Gasteiger partial charge >= 0.3 is 0 Å².